The fourth-order valence-electron chi connectivity index (χ4n) is 2.74. The number of ether oxygens (including phenoxy) is 1. The summed E-state index contributed by atoms with van der Waals surface area (Å²) in [6.07, 6.45) is 0.220. The number of aromatic amines is 1. The molecule has 0 aliphatic heterocycles. The number of nitrogens with zero attached hydrogens (tertiary/aromatic N) is 2. The maximum atomic E-state index is 15.2. The summed E-state index contributed by atoms with van der Waals surface area (Å²) in [5, 5.41) is 15.5. The second-order valence-corrected chi connectivity index (χ2v) is 7.17. The van der Waals surface area contributed by atoms with Gasteiger partial charge in [-0.2, -0.15) is 10.4 Å². The Labute approximate surface area is 175 Å². The lowest BCUT2D eigenvalue weighted by Gasteiger charge is -2.15. The van der Waals surface area contributed by atoms with Crippen LogP contribution < -0.4 is 10.3 Å². The Morgan fingerprint density at radius 1 is 1.18 bits per heavy atom. The van der Waals surface area contributed by atoms with Crippen molar-refractivity contribution in [3.63, 3.8) is 0 Å². The first kappa shape index (κ1) is 20.0. The van der Waals surface area contributed by atoms with Crippen LogP contribution in [0.2, 0.25) is 0 Å². The normalized spacial score (nSPS) is 10.5. The molecule has 0 saturated carbocycles. The molecule has 0 bridgehead atoms. The van der Waals surface area contributed by atoms with Gasteiger partial charge >= 0.3 is 0 Å². The zero-order chi connectivity index (χ0) is 20.3. The van der Waals surface area contributed by atoms with E-state index in [1.807, 2.05) is 6.07 Å². The highest BCUT2D eigenvalue weighted by atomic mass is 127. The first-order valence-corrected chi connectivity index (χ1v) is 10.1. The van der Waals surface area contributed by atoms with Crippen LogP contribution in [0.25, 0.3) is 0 Å². The number of aromatic nitrogens is 2. The first-order chi connectivity index (χ1) is 13.4. The molecule has 1 heterocycles. The van der Waals surface area contributed by atoms with Crippen LogP contribution in [-0.4, -0.2) is 10.2 Å². The van der Waals surface area contributed by atoms with Crippen LogP contribution in [0.15, 0.2) is 41.2 Å². The van der Waals surface area contributed by atoms with Gasteiger partial charge in [0.15, 0.2) is 11.6 Å². The quantitative estimate of drug-likeness (QED) is 0.416. The molecule has 3 rings (SSSR count). The van der Waals surface area contributed by atoms with Crippen LogP contribution in [0.4, 0.5) is 4.39 Å². The Bertz CT molecular complexity index is 1140. The van der Waals surface area contributed by atoms with Crippen LogP contribution >= 0.6 is 22.6 Å². The molecule has 3 aromatic rings. The number of H-pyrrole nitrogens is 1. The Hall–Kier alpha value is -2.73. The second-order valence-electron chi connectivity index (χ2n) is 6.40. The highest BCUT2D eigenvalue weighted by molar-refractivity contribution is 14.1. The summed E-state index contributed by atoms with van der Waals surface area (Å²) in [5.41, 5.74) is 3.20. The average Bonchev–Trinajstić information content (AvgIpc) is 2.70. The lowest BCUT2D eigenvalue weighted by atomic mass is 10.0. The van der Waals surface area contributed by atoms with Crippen molar-refractivity contribution in [2.24, 2.45) is 0 Å². The number of rotatable bonds is 5. The molecule has 0 spiro atoms. The largest absolute Gasteiger partial charge is 0.454 e. The van der Waals surface area contributed by atoms with E-state index < -0.39 is 5.82 Å². The lowest BCUT2D eigenvalue weighted by molar-refractivity contribution is 0.432. The number of alkyl halides is 1. The summed E-state index contributed by atoms with van der Waals surface area (Å²) < 4.78 is 21.8. The van der Waals surface area contributed by atoms with Gasteiger partial charge in [0, 0.05) is 22.0 Å². The smallest absolute Gasteiger partial charge is 0.267 e. The monoisotopic (exact) mass is 489 g/mol. The van der Waals surface area contributed by atoms with Gasteiger partial charge in [-0.05, 0) is 43.2 Å². The molecule has 0 fully saturated rings. The molecule has 7 heteroatoms. The summed E-state index contributed by atoms with van der Waals surface area (Å²) in [5.74, 6) is 0.109. The number of hydrogen-bond donors (Lipinski definition) is 1. The molecule has 0 saturated heterocycles. The maximum absolute atomic E-state index is 15.2. The van der Waals surface area contributed by atoms with Crippen LogP contribution in [0.5, 0.6) is 11.5 Å². The predicted molar refractivity (Wildman–Crippen MR) is 112 cm³/mol. The SMILES string of the molecule is Cc1ccc(Cc2cc(C)c(=O)[nH]n2)c(F)c1Oc1cc(C#N)ccc1CI. The Balaban J connectivity index is 1.99. The Morgan fingerprint density at radius 2 is 1.93 bits per heavy atom. The van der Waals surface area contributed by atoms with E-state index >= 15 is 4.39 Å². The molecule has 0 atom stereocenters. The zero-order valence-corrected chi connectivity index (χ0v) is 17.5. The Kier molecular flexibility index (Phi) is 6.09. The van der Waals surface area contributed by atoms with Gasteiger partial charge in [0.05, 0.1) is 17.3 Å². The van der Waals surface area contributed by atoms with Crippen molar-refractivity contribution < 1.29 is 9.13 Å². The third-order valence-electron chi connectivity index (χ3n) is 4.34. The fourth-order valence-corrected chi connectivity index (χ4v) is 3.37. The van der Waals surface area contributed by atoms with Crippen LogP contribution in [0.3, 0.4) is 0 Å². The van der Waals surface area contributed by atoms with Gasteiger partial charge in [0.25, 0.3) is 5.56 Å². The second kappa shape index (κ2) is 8.52. The number of nitrogens with one attached hydrogen (secondary N) is 1. The van der Waals surface area contributed by atoms with E-state index in [1.54, 1.807) is 44.2 Å². The van der Waals surface area contributed by atoms with Gasteiger partial charge in [0.2, 0.25) is 0 Å². The van der Waals surface area contributed by atoms with E-state index in [2.05, 4.69) is 38.9 Å². The van der Waals surface area contributed by atoms with Crippen molar-refractivity contribution in [3.05, 3.63) is 86.1 Å². The van der Waals surface area contributed by atoms with Gasteiger partial charge < -0.3 is 4.74 Å². The number of benzene rings is 2. The molecule has 2 aromatic carbocycles. The summed E-state index contributed by atoms with van der Waals surface area (Å²) in [7, 11) is 0. The zero-order valence-electron chi connectivity index (χ0n) is 15.3. The van der Waals surface area contributed by atoms with Crippen molar-refractivity contribution in [1.82, 2.24) is 10.2 Å². The van der Waals surface area contributed by atoms with E-state index in [4.69, 9.17) is 10.00 Å². The van der Waals surface area contributed by atoms with Crippen molar-refractivity contribution in [1.29, 1.82) is 5.26 Å². The van der Waals surface area contributed by atoms with Gasteiger partial charge in [0.1, 0.15) is 5.75 Å². The first-order valence-electron chi connectivity index (χ1n) is 8.53. The molecule has 28 heavy (non-hydrogen) atoms. The molecule has 0 amide bonds. The average molecular weight is 489 g/mol. The Morgan fingerprint density at radius 3 is 2.61 bits per heavy atom. The minimum atomic E-state index is -0.479. The topological polar surface area (TPSA) is 78.8 Å². The molecule has 0 unspecified atom stereocenters. The van der Waals surface area contributed by atoms with Crippen molar-refractivity contribution >= 4 is 22.6 Å². The number of halogens is 2. The lowest BCUT2D eigenvalue weighted by Crippen LogP contribution is -2.13. The molecule has 142 valence electrons. The van der Waals surface area contributed by atoms with Gasteiger partial charge in [-0.25, -0.2) is 9.49 Å². The van der Waals surface area contributed by atoms with E-state index in [-0.39, 0.29) is 17.7 Å². The molecule has 0 aliphatic rings. The number of aryl methyl sites for hydroxylation is 2. The van der Waals surface area contributed by atoms with Crippen molar-refractivity contribution in [2.45, 2.75) is 24.7 Å². The molecule has 1 N–H and O–H groups in total. The summed E-state index contributed by atoms with van der Waals surface area (Å²) in [4.78, 5) is 11.5. The van der Waals surface area contributed by atoms with Crippen molar-refractivity contribution in [3.8, 4) is 17.6 Å². The highest BCUT2D eigenvalue weighted by Crippen LogP contribution is 2.34. The number of hydrogen-bond acceptors (Lipinski definition) is 4. The minimum Gasteiger partial charge on any atom is -0.454 e. The van der Waals surface area contributed by atoms with Crippen LogP contribution in [0, 0.1) is 31.0 Å². The van der Waals surface area contributed by atoms with E-state index in [1.165, 1.54) is 0 Å². The molecular weight excluding hydrogens is 472 g/mol. The van der Waals surface area contributed by atoms with Crippen LogP contribution in [-0.2, 0) is 10.8 Å². The maximum Gasteiger partial charge on any atom is 0.267 e. The molecule has 5 nitrogen and oxygen atoms in total. The fraction of sp³-hybridized carbons (Fsp3) is 0.190. The van der Waals surface area contributed by atoms with Gasteiger partial charge in [-0.3, -0.25) is 4.79 Å². The van der Waals surface area contributed by atoms with E-state index in [9.17, 15) is 4.79 Å². The van der Waals surface area contributed by atoms with Crippen LogP contribution in [0.1, 0.15) is 33.5 Å². The minimum absolute atomic E-state index is 0.125. The third-order valence-corrected chi connectivity index (χ3v) is 5.16. The van der Waals surface area contributed by atoms with Gasteiger partial charge in [-0.1, -0.05) is 40.8 Å². The molecular formula is C21H17FIN3O2. The number of nitriles is 1. The standard InChI is InChI=1S/C21H17FIN3O2/c1-12-3-5-15(9-17-7-13(2)21(27)26-25-17)19(22)20(12)28-18-8-14(11-24)4-6-16(18)10-23/h3-8H,9-10H2,1-2H3,(H,26,27). The molecule has 0 radical (unpaired) electrons. The molecule has 0 aliphatic carbocycles. The summed E-state index contributed by atoms with van der Waals surface area (Å²) in [6, 6.07) is 12.3. The van der Waals surface area contributed by atoms with E-state index in [0.29, 0.717) is 38.1 Å². The summed E-state index contributed by atoms with van der Waals surface area (Å²) >= 11 is 2.20. The van der Waals surface area contributed by atoms with E-state index in [0.717, 1.165) is 5.56 Å². The van der Waals surface area contributed by atoms with Gasteiger partial charge in [-0.15, -0.1) is 0 Å². The summed E-state index contributed by atoms with van der Waals surface area (Å²) in [6.45, 7) is 3.44. The van der Waals surface area contributed by atoms with Crippen molar-refractivity contribution in [2.75, 3.05) is 0 Å². The third kappa shape index (κ3) is 4.22. The predicted octanol–water partition coefficient (Wildman–Crippen LogP) is 4.72. The highest BCUT2D eigenvalue weighted by Gasteiger charge is 2.16. The molecule has 1 aromatic heterocycles.